The van der Waals surface area contributed by atoms with Crippen LogP contribution in [0.3, 0.4) is 0 Å². The fourth-order valence-corrected chi connectivity index (χ4v) is 3.66. The molecule has 0 bridgehead atoms. The van der Waals surface area contributed by atoms with E-state index in [0.29, 0.717) is 5.41 Å². The maximum absolute atomic E-state index is 9.82. The van der Waals surface area contributed by atoms with Crippen molar-refractivity contribution in [2.45, 2.75) is 51.6 Å². The van der Waals surface area contributed by atoms with Gasteiger partial charge < -0.3 is 10.0 Å². The Morgan fingerprint density at radius 2 is 1.81 bits per heavy atom. The van der Waals surface area contributed by atoms with Gasteiger partial charge in [0.05, 0.1) is 5.60 Å². The lowest BCUT2D eigenvalue weighted by molar-refractivity contribution is 0.0277. The van der Waals surface area contributed by atoms with Gasteiger partial charge in [-0.2, -0.15) is 0 Å². The minimum atomic E-state index is -0.586. The molecule has 0 radical (unpaired) electrons. The standard InChI is InChI=1S/C13H26BrNO/c1-12(2,16)10-15(3)11-13(9-14)7-5-4-6-8-13/h16H,4-11H2,1-3H3. The Balaban J connectivity index is 2.48. The van der Waals surface area contributed by atoms with Gasteiger partial charge in [-0.25, -0.2) is 0 Å². The lowest BCUT2D eigenvalue weighted by atomic mass is 9.75. The van der Waals surface area contributed by atoms with Crippen molar-refractivity contribution in [2.75, 3.05) is 25.5 Å². The van der Waals surface area contributed by atoms with E-state index in [1.165, 1.54) is 32.1 Å². The van der Waals surface area contributed by atoms with Gasteiger partial charge in [0.2, 0.25) is 0 Å². The molecule has 2 nitrogen and oxygen atoms in total. The molecule has 0 aromatic rings. The van der Waals surface area contributed by atoms with Gasteiger partial charge in [0.15, 0.2) is 0 Å². The molecule has 96 valence electrons. The van der Waals surface area contributed by atoms with Crippen molar-refractivity contribution in [1.82, 2.24) is 4.90 Å². The lowest BCUT2D eigenvalue weighted by Gasteiger charge is -2.40. The summed E-state index contributed by atoms with van der Waals surface area (Å²) in [5.74, 6) is 0. The zero-order valence-electron chi connectivity index (χ0n) is 10.9. The van der Waals surface area contributed by atoms with E-state index in [0.717, 1.165) is 18.4 Å². The Kier molecular flexibility index (Phi) is 5.27. The van der Waals surface area contributed by atoms with Crippen LogP contribution in [0, 0.1) is 5.41 Å². The molecule has 0 aromatic heterocycles. The third-order valence-electron chi connectivity index (χ3n) is 3.46. The van der Waals surface area contributed by atoms with Gasteiger partial charge in [0, 0.05) is 18.4 Å². The molecule has 1 saturated carbocycles. The first-order chi connectivity index (χ1) is 7.37. The first-order valence-electron chi connectivity index (χ1n) is 6.34. The molecular formula is C13H26BrNO. The fraction of sp³-hybridized carbons (Fsp3) is 1.00. The quantitative estimate of drug-likeness (QED) is 0.787. The van der Waals surface area contributed by atoms with E-state index in [1.54, 1.807) is 0 Å². The highest BCUT2D eigenvalue weighted by Gasteiger charge is 2.32. The molecular weight excluding hydrogens is 266 g/mol. The molecule has 1 aliphatic rings. The largest absolute Gasteiger partial charge is 0.389 e. The average molecular weight is 292 g/mol. The molecule has 1 fully saturated rings. The topological polar surface area (TPSA) is 23.5 Å². The Hall–Kier alpha value is 0.400. The van der Waals surface area contributed by atoms with Gasteiger partial charge in [-0.05, 0) is 39.2 Å². The van der Waals surface area contributed by atoms with Crippen LogP contribution < -0.4 is 0 Å². The summed E-state index contributed by atoms with van der Waals surface area (Å²) in [6.07, 6.45) is 6.77. The van der Waals surface area contributed by atoms with Gasteiger partial charge in [-0.1, -0.05) is 35.2 Å². The minimum Gasteiger partial charge on any atom is -0.389 e. The second-order valence-electron chi connectivity index (χ2n) is 6.18. The SMILES string of the molecule is CN(CC(C)(C)O)CC1(CBr)CCCCC1. The van der Waals surface area contributed by atoms with Crippen molar-refractivity contribution in [3.05, 3.63) is 0 Å². The monoisotopic (exact) mass is 291 g/mol. The second kappa shape index (κ2) is 5.83. The van der Waals surface area contributed by atoms with E-state index in [4.69, 9.17) is 0 Å². The van der Waals surface area contributed by atoms with Crippen LogP contribution in [0.5, 0.6) is 0 Å². The first-order valence-corrected chi connectivity index (χ1v) is 7.46. The molecule has 0 aliphatic heterocycles. The maximum Gasteiger partial charge on any atom is 0.0718 e. The normalized spacial score (nSPS) is 21.4. The van der Waals surface area contributed by atoms with Crippen molar-refractivity contribution in [3.8, 4) is 0 Å². The summed E-state index contributed by atoms with van der Waals surface area (Å²) in [6, 6.07) is 0. The van der Waals surface area contributed by atoms with E-state index in [-0.39, 0.29) is 0 Å². The second-order valence-corrected chi connectivity index (χ2v) is 6.74. The maximum atomic E-state index is 9.82. The molecule has 0 heterocycles. The van der Waals surface area contributed by atoms with Crippen LogP contribution >= 0.6 is 15.9 Å². The van der Waals surface area contributed by atoms with Crippen LogP contribution in [0.1, 0.15) is 46.0 Å². The molecule has 0 spiro atoms. The van der Waals surface area contributed by atoms with Crippen LogP contribution in [0.2, 0.25) is 0 Å². The molecule has 1 N–H and O–H groups in total. The molecule has 16 heavy (non-hydrogen) atoms. The summed E-state index contributed by atoms with van der Waals surface area (Å²) in [5, 5.41) is 10.9. The number of alkyl halides is 1. The molecule has 0 amide bonds. The zero-order chi connectivity index (χ0) is 12.2. The molecule has 0 unspecified atom stereocenters. The van der Waals surface area contributed by atoms with Gasteiger partial charge >= 0.3 is 0 Å². The van der Waals surface area contributed by atoms with E-state index in [9.17, 15) is 5.11 Å². The molecule has 3 heteroatoms. The van der Waals surface area contributed by atoms with E-state index in [1.807, 2.05) is 13.8 Å². The van der Waals surface area contributed by atoms with Crippen molar-refractivity contribution in [2.24, 2.45) is 5.41 Å². The number of rotatable bonds is 5. The van der Waals surface area contributed by atoms with Crippen LogP contribution in [0.4, 0.5) is 0 Å². The van der Waals surface area contributed by atoms with Gasteiger partial charge in [-0.15, -0.1) is 0 Å². The Bertz CT molecular complexity index is 206. The molecule has 0 saturated heterocycles. The van der Waals surface area contributed by atoms with E-state index >= 15 is 0 Å². The molecule has 0 atom stereocenters. The van der Waals surface area contributed by atoms with Crippen molar-refractivity contribution in [3.63, 3.8) is 0 Å². The smallest absolute Gasteiger partial charge is 0.0718 e. The fourth-order valence-electron chi connectivity index (χ4n) is 2.92. The lowest BCUT2D eigenvalue weighted by Crippen LogP contribution is -2.44. The van der Waals surface area contributed by atoms with Gasteiger partial charge in [0.25, 0.3) is 0 Å². The number of nitrogens with zero attached hydrogens (tertiary/aromatic N) is 1. The van der Waals surface area contributed by atoms with Crippen LogP contribution in [-0.4, -0.2) is 41.1 Å². The molecule has 1 aliphatic carbocycles. The van der Waals surface area contributed by atoms with E-state index in [2.05, 4.69) is 27.9 Å². The number of aliphatic hydroxyl groups is 1. The number of halogens is 1. The van der Waals surface area contributed by atoms with E-state index < -0.39 is 5.60 Å². The highest BCUT2D eigenvalue weighted by molar-refractivity contribution is 9.09. The van der Waals surface area contributed by atoms with Crippen molar-refractivity contribution < 1.29 is 5.11 Å². The summed E-state index contributed by atoms with van der Waals surface area (Å²) in [6.45, 7) is 5.61. The highest BCUT2D eigenvalue weighted by Crippen LogP contribution is 2.38. The number of hydrogen-bond donors (Lipinski definition) is 1. The Morgan fingerprint density at radius 3 is 2.25 bits per heavy atom. The predicted molar refractivity (Wildman–Crippen MR) is 73.1 cm³/mol. The summed E-state index contributed by atoms with van der Waals surface area (Å²) >= 11 is 3.69. The summed E-state index contributed by atoms with van der Waals surface area (Å²) in [7, 11) is 2.12. The third kappa shape index (κ3) is 4.72. The highest BCUT2D eigenvalue weighted by atomic mass is 79.9. The van der Waals surface area contributed by atoms with Gasteiger partial charge in [-0.3, -0.25) is 0 Å². The zero-order valence-corrected chi connectivity index (χ0v) is 12.5. The third-order valence-corrected chi connectivity index (χ3v) is 4.65. The predicted octanol–water partition coefficient (Wildman–Crippen LogP) is 3.03. The summed E-state index contributed by atoms with van der Waals surface area (Å²) in [5.41, 5.74) is -0.144. The first kappa shape index (κ1) is 14.5. The van der Waals surface area contributed by atoms with Crippen LogP contribution in [0.25, 0.3) is 0 Å². The van der Waals surface area contributed by atoms with Crippen LogP contribution in [-0.2, 0) is 0 Å². The number of likely N-dealkylation sites (N-methyl/N-ethyl adjacent to an activating group) is 1. The van der Waals surface area contributed by atoms with Crippen molar-refractivity contribution in [1.29, 1.82) is 0 Å². The van der Waals surface area contributed by atoms with Crippen LogP contribution in [0.15, 0.2) is 0 Å². The van der Waals surface area contributed by atoms with Gasteiger partial charge in [0.1, 0.15) is 0 Å². The summed E-state index contributed by atoms with van der Waals surface area (Å²) in [4.78, 5) is 2.28. The van der Waals surface area contributed by atoms with Crippen molar-refractivity contribution >= 4 is 15.9 Å². The molecule has 0 aromatic carbocycles. The minimum absolute atomic E-state index is 0.443. The summed E-state index contributed by atoms with van der Waals surface area (Å²) < 4.78 is 0. The average Bonchev–Trinajstić information content (AvgIpc) is 2.16. The number of hydrogen-bond acceptors (Lipinski definition) is 2. The Labute approximate surface area is 109 Å². The Morgan fingerprint density at radius 1 is 1.25 bits per heavy atom. The molecule has 1 rings (SSSR count).